The van der Waals surface area contributed by atoms with E-state index in [9.17, 15) is 0 Å². The number of rotatable bonds is 2. The average molecular weight is 254 g/mol. The average Bonchev–Trinajstić information content (AvgIpc) is 2.31. The maximum Gasteiger partial charge on any atom is 0.128 e. The second-order valence-corrected chi connectivity index (χ2v) is 5.62. The van der Waals surface area contributed by atoms with Crippen molar-refractivity contribution in [3.63, 3.8) is 0 Å². The highest BCUT2D eigenvalue weighted by molar-refractivity contribution is 6.30. The van der Waals surface area contributed by atoms with Crippen LogP contribution in [0, 0.1) is 11.8 Å². The van der Waals surface area contributed by atoms with Crippen LogP contribution in [-0.2, 0) is 0 Å². The van der Waals surface area contributed by atoms with Gasteiger partial charge in [0, 0.05) is 17.8 Å². The number of hydrogen-bond acceptors (Lipinski definition) is 3. The summed E-state index contributed by atoms with van der Waals surface area (Å²) in [5, 5.41) is 0.605. The Morgan fingerprint density at radius 1 is 1.47 bits per heavy atom. The van der Waals surface area contributed by atoms with Crippen LogP contribution in [0.1, 0.15) is 44.2 Å². The first kappa shape index (κ1) is 12.7. The zero-order chi connectivity index (χ0) is 12.4. The van der Waals surface area contributed by atoms with Crippen molar-refractivity contribution in [1.82, 2.24) is 4.98 Å². The summed E-state index contributed by atoms with van der Waals surface area (Å²) < 4.78 is 0. The summed E-state index contributed by atoms with van der Waals surface area (Å²) in [5.74, 6) is 1.77. The van der Waals surface area contributed by atoms with Gasteiger partial charge in [-0.2, -0.15) is 0 Å². The second-order valence-electron chi connectivity index (χ2n) is 5.19. The fraction of sp³-hybridized carbons (Fsp3) is 0.615. The summed E-state index contributed by atoms with van der Waals surface area (Å²) in [7, 11) is 0. The molecule has 0 bridgehead atoms. The van der Waals surface area contributed by atoms with Gasteiger partial charge in [-0.3, -0.25) is 0 Å². The molecule has 1 aromatic rings. The third-order valence-electron chi connectivity index (χ3n) is 3.76. The first-order valence-corrected chi connectivity index (χ1v) is 6.62. The maximum absolute atomic E-state index is 6.32. The van der Waals surface area contributed by atoms with Gasteiger partial charge in [0.1, 0.15) is 5.82 Å². The van der Waals surface area contributed by atoms with E-state index in [0.29, 0.717) is 16.8 Å². The summed E-state index contributed by atoms with van der Waals surface area (Å²) in [6, 6.07) is 1.82. The molecule has 4 heteroatoms. The molecular weight excluding hydrogens is 234 g/mol. The first-order chi connectivity index (χ1) is 8.08. The quantitative estimate of drug-likeness (QED) is 0.851. The fourth-order valence-corrected chi connectivity index (χ4v) is 2.96. The van der Waals surface area contributed by atoms with E-state index in [2.05, 4.69) is 11.9 Å². The topological polar surface area (TPSA) is 64.9 Å². The molecule has 0 aliphatic heterocycles. The minimum Gasteiger partial charge on any atom is -0.383 e. The molecular formula is C13H20ClN3. The van der Waals surface area contributed by atoms with Crippen LogP contribution in [0.5, 0.6) is 0 Å². The van der Waals surface area contributed by atoms with Crippen molar-refractivity contribution in [3.05, 3.63) is 22.8 Å². The van der Waals surface area contributed by atoms with Gasteiger partial charge >= 0.3 is 0 Å². The van der Waals surface area contributed by atoms with E-state index in [4.69, 9.17) is 23.1 Å². The molecule has 3 nitrogen and oxygen atoms in total. The van der Waals surface area contributed by atoms with Crippen LogP contribution in [0.4, 0.5) is 5.82 Å². The molecule has 1 aromatic heterocycles. The molecule has 3 atom stereocenters. The SMILES string of the molecule is CC1CCCC(C(N)c2cc(Cl)cnc2N)C1. The lowest BCUT2D eigenvalue weighted by atomic mass is 9.77. The molecule has 2 rings (SSSR count). The molecule has 1 fully saturated rings. The monoisotopic (exact) mass is 253 g/mol. The van der Waals surface area contributed by atoms with Crippen LogP contribution >= 0.6 is 11.6 Å². The van der Waals surface area contributed by atoms with Crippen molar-refractivity contribution in [2.24, 2.45) is 17.6 Å². The van der Waals surface area contributed by atoms with Crippen molar-refractivity contribution in [3.8, 4) is 0 Å². The number of hydrogen-bond donors (Lipinski definition) is 2. The smallest absolute Gasteiger partial charge is 0.128 e. The third kappa shape index (κ3) is 2.90. The lowest BCUT2D eigenvalue weighted by Crippen LogP contribution is -2.27. The molecule has 3 unspecified atom stereocenters. The van der Waals surface area contributed by atoms with Crippen molar-refractivity contribution in [1.29, 1.82) is 0 Å². The Hall–Kier alpha value is -0.800. The number of nitrogens with zero attached hydrogens (tertiary/aromatic N) is 1. The van der Waals surface area contributed by atoms with Crippen molar-refractivity contribution >= 4 is 17.4 Å². The predicted molar refractivity (Wildman–Crippen MR) is 71.7 cm³/mol. The Bertz CT molecular complexity index is 394. The summed E-state index contributed by atoms with van der Waals surface area (Å²) >= 11 is 5.95. The minimum atomic E-state index is -0.0380. The normalized spacial score (nSPS) is 26.8. The number of aromatic nitrogens is 1. The maximum atomic E-state index is 6.32. The van der Waals surface area contributed by atoms with Gasteiger partial charge in [-0.25, -0.2) is 4.98 Å². The molecule has 94 valence electrons. The standard InChI is InChI=1S/C13H20ClN3/c1-8-3-2-4-9(5-8)12(15)11-6-10(14)7-17-13(11)16/h6-9,12H,2-5,15H2,1H3,(H2,16,17). The van der Waals surface area contributed by atoms with Gasteiger partial charge in [0.2, 0.25) is 0 Å². The van der Waals surface area contributed by atoms with Gasteiger partial charge in [0.15, 0.2) is 0 Å². The number of halogens is 1. The van der Waals surface area contributed by atoms with Gasteiger partial charge < -0.3 is 11.5 Å². The fourth-order valence-electron chi connectivity index (χ4n) is 2.79. The molecule has 1 heterocycles. The van der Waals surface area contributed by atoms with E-state index >= 15 is 0 Å². The number of nitrogen functional groups attached to an aromatic ring is 1. The molecule has 0 spiro atoms. The molecule has 0 aromatic carbocycles. The Morgan fingerprint density at radius 3 is 2.94 bits per heavy atom. The zero-order valence-corrected chi connectivity index (χ0v) is 11.0. The van der Waals surface area contributed by atoms with Crippen LogP contribution in [0.15, 0.2) is 12.3 Å². The molecule has 1 aliphatic rings. The molecule has 0 radical (unpaired) electrons. The van der Waals surface area contributed by atoms with E-state index in [1.807, 2.05) is 6.07 Å². The van der Waals surface area contributed by atoms with E-state index in [-0.39, 0.29) is 6.04 Å². The first-order valence-electron chi connectivity index (χ1n) is 6.24. The third-order valence-corrected chi connectivity index (χ3v) is 3.97. The molecule has 0 amide bonds. The van der Waals surface area contributed by atoms with Crippen LogP contribution in [0.3, 0.4) is 0 Å². The number of nitrogens with two attached hydrogens (primary N) is 2. The largest absolute Gasteiger partial charge is 0.383 e. The highest BCUT2D eigenvalue weighted by Crippen LogP contribution is 2.37. The van der Waals surface area contributed by atoms with Crippen LogP contribution < -0.4 is 11.5 Å². The lowest BCUT2D eigenvalue weighted by molar-refractivity contribution is 0.248. The number of pyridine rings is 1. The van der Waals surface area contributed by atoms with E-state index < -0.39 is 0 Å². The highest BCUT2D eigenvalue weighted by atomic mass is 35.5. The zero-order valence-electron chi connectivity index (χ0n) is 10.2. The molecule has 17 heavy (non-hydrogen) atoms. The van der Waals surface area contributed by atoms with Gasteiger partial charge in [-0.1, -0.05) is 31.4 Å². The lowest BCUT2D eigenvalue weighted by Gasteiger charge is -2.31. The molecule has 4 N–H and O–H groups in total. The van der Waals surface area contributed by atoms with Crippen molar-refractivity contribution in [2.75, 3.05) is 5.73 Å². The molecule has 0 saturated heterocycles. The van der Waals surface area contributed by atoms with Gasteiger partial charge in [0.25, 0.3) is 0 Å². The second kappa shape index (κ2) is 5.23. The molecule has 1 saturated carbocycles. The van der Waals surface area contributed by atoms with Gasteiger partial charge in [-0.15, -0.1) is 0 Å². The predicted octanol–water partition coefficient (Wildman–Crippen LogP) is 3.14. The molecule has 1 aliphatic carbocycles. The summed E-state index contributed by atoms with van der Waals surface area (Å²) in [4.78, 5) is 4.08. The van der Waals surface area contributed by atoms with Crippen LogP contribution in [0.2, 0.25) is 5.02 Å². The van der Waals surface area contributed by atoms with E-state index in [1.165, 1.54) is 25.7 Å². The Balaban J connectivity index is 2.18. The van der Waals surface area contributed by atoms with Crippen molar-refractivity contribution < 1.29 is 0 Å². The Kier molecular flexibility index (Phi) is 3.89. The Morgan fingerprint density at radius 2 is 2.24 bits per heavy atom. The summed E-state index contributed by atoms with van der Waals surface area (Å²) in [5.41, 5.74) is 13.1. The van der Waals surface area contributed by atoms with E-state index in [1.54, 1.807) is 6.20 Å². The summed E-state index contributed by atoms with van der Waals surface area (Å²) in [6.45, 7) is 2.29. The van der Waals surface area contributed by atoms with E-state index in [0.717, 1.165) is 11.5 Å². The van der Waals surface area contributed by atoms with Gasteiger partial charge in [0.05, 0.1) is 5.02 Å². The highest BCUT2D eigenvalue weighted by Gasteiger charge is 2.26. The van der Waals surface area contributed by atoms with Crippen LogP contribution in [-0.4, -0.2) is 4.98 Å². The minimum absolute atomic E-state index is 0.0380. The Labute approximate surface area is 108 Å². The van der Waals surface area contributed by atoms with Crippen molar-refractivity contribution in [2.45, 2.75) is 38.6 Å². The number of anilines is 1. The summed E-state index contributed by atoms with van der Waals surface area (Å²) in [6.07, 6.45) is 6.49. The van der Waals surface area contributed by atoms with Gasteiger partial charge in [-0.05, 0) is 30.7 Å². The van der Waals surface area contributed by atoms with Crippen LogP contribution in [0.25, 0.3) is 0 Å².